The molecule has 0 saturated carbocycles. The Kier molecular flexibility index (Phi) is 6.33. The molecule has 0 amide bonds. The first kappa shape index (κ1) is 21.0. The summed E-state index contributed by atoms with van der Waals surface area (Å²) in [5, 5.41) is 14.1. The van der Waals surface area contributed by atoms with Crippen molar-refractivity contribution in [2.75, 3.05) is 25.5 Å². The summed E-state index contributed by atoms with van der Waals surface area (Å²) in [4.78, 5) is 10.7. The first-order valence-electron chi connectivity index (χ1n) is 9.18. The number of anilines is 1. The molecule has 0 atom stereocenters. The van der Waals surface area contributed by atoms with Crippen molar-refractivity contribution < 1.29 is 22.5 Å². The van der Waals surface area contributed by atoms with Gasteiger partial charge >= 0.3 is 0 Å². The van der Waals surface area contributed by atoms with Gasteiger partial charge in [-0.25, -0.2) is 12.8 Å². The predicted octanol–water partition coefficient (Wildman–Crippen LogP) is 3.53. The van der Waals surface area contributed by atoms with E-state index in [9.17, 15) is 22.9 Å². The quantitative estimate of drug-likeness (QED) is 0.540. The van der Waals surface area contributed by atoms with E-state index >= 15 is 0 Å². The van der Waals surface area contributed by atoms with Crippen LogP contribution in [-0.4, -0.2) is 37.8 Å². The molecule has 1 saturated heterocycles. The van der Waals surface area contributed by atoms with Crippen molar-refractivity contribution in [2.24, 2.45) is 0 Å². The molecule has 0 bridgehead atoms. The maximum Gasteiger partial charge on any atom is 0.295 e. The molecule has 2 aromatic rings. The van der Waals surface area contributed by atoms with Gasteiger partial charge in [0.2, 0.25) is 10.0 Å². The van der Waals surface area contributed by atoms with Gasteiger partial charge in [0.1, 0.15) is 5.69 Å². The second-order valence-corrected chi connectivity index (χ2v) is 8.59. The van der Waals surface area contributed by atoms with Crippen LogP contribution in [0.2, 0.25) is 0 Å². The third-order valence-corrected chi connectivity index (χ3v) is 6.84. The van der Waals surface area contributed by atoms with Crippen LogP contribution in [0.15, 0.2) is 41.3 Å². The standard InChI is InChI=1S/C19H22FN3O5S/c1-28-18-12-16(17(23(24)25)11-15(18)20)21-13-14-7-3-4-8-19(14)29(26,27)22-9-5-2-6-10-22/h3-4,7-8,11-12,21H,2,5-6,9-10,13H2,1H3. The topological polar surface area (TPSA) is 102 Å². The van der Waals surface area contributed by atoms with E-state index in [0.29, 0.717) is 18.7 Å². The molecule has 3 rings (SSSR count). The fourth-order valence-electron chi connectivity index (χ4n) is 3.33. The molecule has 0 radical (unpaired) electrons. The van der Waals surface area contributed by atoms with Gasteiger partial charge in [0, 0.05) is 25.7 Å². The van der Waals surface area contributed by atoms with E-state index in [1.54, 1.807) is 18.2 Å². The van der Waals surface area contributed by atoms with Crippen molar-refractivity contribution in [3.8, 4) is 5.75 Å². The monoisotopic (exact) mass is 423 g/mol. The molecule has 10 heteroatoms. The van der Waals surface area contributed by atoms with E-state index in [0.717, 1.165) is 25.3 Å². The van der Waals surface area contributed by atoms with Crippen molar-refractivity contribution >= 4 is 21.4 Å². The van der Waals surface area contributed by atoms with E-state index < -0.39 is 26.5 Å². The maximum atomic E-state index is 13.8. The summed E-state index contributed by atoms with van der Waals surface area (Å²) in [5.74, 6) is -0.995. The Morgan fingerprint density at radius 3 is 2.55 bits per heavy atom. The summed E-state index contributed by atoms with van der Waals surface area (Å²) < 4.78 is 46.3. The molecule has 1 aliphatic rings. The maximum absolute atomic E-state index is 13.8. The molecule has 0 spiro atoms. The Balaban J connectivity index is 1.90. The molecule has 1 N–H and O–H groups in total. The van der Waals surface area contributed by atoms with Gasteiger partial charge < -0.3 is 10.1 Å². The molecule has 2 aromatic carbocycles. The van der Waals surface area contributed by atoms with Crippen molar-refractivity contribution in [2.45, 2.75) is 30.7 Å². The Labute approximate surface area is 168 Å². The highest BCUT2D eigenvalue weighted by Gasteiger charge is 2.28. The van der Waals surface area contributed by atoms with Gasteiger partial charge in [-0.15, -0.1) is 0 Å². The van der Waals surface area contributed by atoms with Crippen LogP contribution in [0.4, 0.5) is 15.8 Å². The molecule has 29 heavy (non-hydrogen) atoms. The number of nitro groups is 1. The smallest absolute Gasteiger partial charge is 0.295 e. The Bertz CT molecular complexity index is 1010. The van der Waals surface area contributed by atoms with Crippen LogP contribution in [-0.2, 0) is 16.6 Å². The van der Waals surface area contributed by atoms with Gasteiger partial charge in [0.15, 0.2) is 11.6 Å². The first-order chi connectivity index (χ1) is 13.8. The molecule has 0 aromatic heterocycles. The molecule has 1 aliphatic heterocycles. The molecule has 0 aliphatic carbocycles. The van der Waals surface area contributed by atoms with Gasteiger partial charge in [-0.2, -0.15) is 4.31 Å². The number of ether oxygens (including phenoxy) is 1. The summed E-state index contributed by atoms with van der Waals surface area (Å²) in [6.45, 7) is 0.967. The number of rotatable bonds is 7. The van der Waals surface area contributed by atoms with E-state index in [-0.39, 0.29) is 22.9 Å². The van der Waals surface area contributed by atoms with Crippen LogP contribution in [0.25, 0.3) is 0 Å². The van der Waals surface area contributed by atoms with Crippen LogP contribution < -0.4 is 10.1 Å². The minimum atomic E-state index is -3.67. The van der Waals surface area contributed by atoms with Crippen LogP contribution in [0.5, 0.6) is 5.75 Å². The van der Waals surface area contributed by atoms with Crippen molar-refractivity contribution in [3.63, 3.8) is 0 Å². The number of nitrogens with zero attached hydrogens (tertiary/aromatic N) is 2. The number of sulfonamides is 1. The fourth-order valence-corrected chi connectivity index (χ4v) is 5.07. The molecule has 156 valence electrons. The Morgan fingerprint density at radius 2 is 1.90 bits per heavy atom. The van der Waals surface area contributed by atoms with E-state index in [4.69, 9.17) is 4.74 Å². The zero-order valence-corrected chi connectivity index (χ0v) is 16.7. The Morgan fingerprint density at radius 1 is 1.21 bits per heavy atom. The van der Waals surface area contributed by atoms with Gasteiger partial charge in [-0.05, 0) is 24.5 Å². The SMILES string of the molecule is COc1cc(NCc2ccccc2S(=O)(=O)N2CCCCC2)c([N+](=O)[O-])cc1F. The van der Waals surface area contributed by atoms with E-state index in [2.05, 4.69) is 5.32 Å². The highest BCUT2D eigenvalue weighted by molar-refractivity contribution is 7.89. The lowest BCUT2D eigenvalue weighted by Gasteiger charge is -2.27. The number of methoxy groups -OCH3 is 1. The molecule has 1 fully saturated rings. The minimum absolute atomic E-state index is 0.0128. The number of hydrogen-bond acceptors (Lipinski definition) is 6. The lowest BCUT2D eigenvalue weighted by molar-refractivity contribution is -0.384. The zero-order valence-electron chi connectivity index (χ0n) is 15.9. The summed E-state index contributed by atoms with van der Waals surface area (Å²) in [7, 11) is -2.41. The number of benzene rings is 2. The summed E-state index contributed by atoms with van der Waals surface area (Å²) >= 11 is 0. The number of halogens is 1. The van der Waals surface area contributed by atoms with Crippen LogP contribution in [0.1, 0.15) is 24.8 Å². The third-order valence-electron chi connectivity index (χ3n) is 4.84. The minimum Gasteiger partial charge on any atom is -0.494 e. The first-order valence-corrected chi connectivity index (χ1v) is 10.6. The lowest BCUT2D eigenvalue weighted by Crippen LogP contribution is -2.36. The number of piperidine rings is 1. The molecule has 8 nitrogen and oxygen atoms in total. The molecule has 1 heterocycles. The molecule has 0 unspecified atom stereocenters. The van der Waals surface area contributed by atoms with E-state index in [1.165, 1.54) is 23.5 Å². The summed E-state index contributed by atoms with van der Waals surface area (Å²) in [6, 6.07) is 8.49. The number of nitrogens with one attached hydrogen (secondary N) is 1. The number of nitro benzene ring substituents is 1. The molecular formula is C19H22FN3O5S. The van der Waals surface area contributed by atoms with Crippen LogP contribution in [0, 0.1) is 15.9 Å². The lowest BCUT2D eigenvalue weighted by atomic mass is 10.2. The predicted molar refractivity (Wildman–Crippen MR) is 106 cm³/mol. The average Bonchev–Trinajstić information content (AvgIpc) is 2.73. The van der Waals surface area contributed by atoms with Gasteiger partial charge in [-0.3, -0.25) is 10.1 Å². The van der Waals surface area contributed by atoms with Crippen molar-refractivity contribution in [3.05, 3.63) is 57.9 Å². The highest BCUT2D eigenvalue weighted by atomic mass is 32.2. The van der Waals surface area contributed by atoms with Crippen molar-refractivity contribution in [1.29, 1.82) is 0 Å². The van der Waals surface area contributed by atoms with E-state index in [1.807, 2.05) is 0 Å². The number of hydrogen-bond donors (Lipinski definition) is 1. The fraction of sp³-hybridized carbons (Fsp3) is 0.368. The summed E-state index contributed by atoms with van der Waals surface area (Å²) in [6.07, 6.45) is 2.65. The van der Waals surface area contributed by atoms with Crippen molar-refractivity contribution in [1.82, 2.24) is 4.31 Å². The van der Waals surface area contributed by atoms with Gasteiger partial charge in [-0.1, -0.05) is 24.6 Å². The van der Waals surface area contributed by atoms with Gasteiger partial charge in [0.25, 0.3) is 5.69 Å². The second kappa shape index (κ2) is 8.75. The van der Waals surface area contributed by atoms with Gasteiger partial charge in [0.05, 0.1) is 23.0 Å². The third kappa shape index (κ3) is 4.48. The van der Waals surface area contributed by atoms with Crippen LogP contribution >= 0.6 is 0 Å². The second-order valence-electron chi connectivity index (χ2n) is 6.69. The largest absolute Gasteiger partial charge is 0.494 e. The Hall–Kier alpha value is -2.72. The normalized spacial score (nSPS) is 15.1. The zero-order chi connectivity index (χ0) is 21.0. The summed E-state index contributed by atoms with van der Waals surface area (Å²) in [5.41, 5.74) is 0.0498. The highest BCUT2D eigenvalue weighted by Crippen LogP contribution is 2.32. The average molecular weight is 423 g/mol. The molecular weight excluding hydrogens is 401 g/mol. The van der Waals surface area contributed by atoms with Crippen LogP contribution in [0.3, 0.4) is 0 Å².